The van der Waals surface area contributed by atoms with Crippen LogP contribution in [-0.2, 0) is 14.6 Å². The van der Waals surface area contributed by atoms with E-state index in [9.17, 15) is 13.2 Å². The molecule has 0 spiro atoms. The van der Waals surface area contributed by atoms with Crippen molar-refractivity contribution in [1.29, 1.82) is 0 Å². The largest absolute Gasteiger partial charge is 0.486 e. The van der Waals surface area contributed by atoms with Crippen LogP contribution in [0.1, 0.15) is 39.0 Å². The molecule has 3 aromatic rings. The van der Waals surface area contributed by atoms with E-state index in [-0.39, 0.29) is 17.4 Å². The Balaban J connectivity index is 1.81. The Morgan fingerprint density at radius 3 is 2.48 bits per heavy atom. The maximum Gasteiger partial charge on any atom is 0.215 e. The van der Waals surface area contributed by atoms with E-state index in [1.807, 2.05) is 24.3 Å². The molecule has 0 radical (unpaired) electrons. The van der Waals surface area contributed by atoms with Crippen LogP contribution in [0.15, 0.2) is 58.9 Å². The lowest BCUT2D eigenvalue weighted by Crippen LogP contribution is -2.34. The molecule has 5 nitrogen and oxygen atoms in total. The first-order valence-electron chi connectivity index (χ1n) is 9.82. The first-order chi connectivity index (χ1) is 14.0. The van der Waals surface area contributed by atoms with E-state index in [0.717, 1.165) is 35.3 Å². The van der Waals surface area contributed by atoms with Crippen molar-refractivity contribution in [1.82, 2.24) is 4.98 Å². The highest BCUT2D eigenvalue weighted by Crippen LogP contribution is 2.29. The molecule has 154 valence electrons. The normalized spacial score (nSPS) is 12.7. The molecule has 29 heavy (non-hydrogen) atoms. The van der Waals surface area contributed by atoms with Crippen LogP contribution in [0.5, 0.6) is 5.75 Å². The smallest absolute Gasteiger partial charge is 0.215 e. The topological polar surface area (TPSA) is 73.3 Å². The number of ketones is 1. The second kappa shape index (κ2) is 9.98. The first kappa shape index (κ1) is 21.5. The lowest BCUT2D eigenvalue weighted by atomic mass is 10.1. The van der Waals surface area contributed by atoms with Gasteiger partial charge in [0.1, 0.15) is 17.6 Å². The lowest BCUT2D eigenvalue weighted by Gasteiger charge is -2.15. The Morgan fingerprint density at radius 2 is 1.76 bits per heavy atom. The molecule has 0 bridgehead atoms. The molecule has 1 heterocycles. The summed E-state index contributed by atoms with van der Waals surface area (Å²) in [5.74, 6) is 0.118. The molecule has 2 aromatic carbocycles. The Kier molecular flexibility index (Phi) is 7.39. The van der Waals surface area contributed by atoms with Gasteiger partial charge in [-0.2, -0.15) is 0 Å². The summed E-state index contributed by atoms with van der Waals surface area (Å²) < 4.78 is 32.9. The monoisotopic (exact) mass is 431 g/mol. The van der Waals surface area contributed by atoms with Gasteiger partial charge >= 0.3 is 0 Å². The zero-order valence-electron chi connectivity index (χ0n) is 16.4. The third-order valence-electron chi connectivity index (χ3n) is 4.70. The zero-order chi connectivity index (χ0) is 20.7. The molecule has 0 saturated carbocycles. The van der Waals surface area contributed by atoms with E-state index in [0.29, 0.717) is 17.7 Å². The number of ether oxygens (including phenoxy) is 1. The third-order valence-corrected chi connectivity index (χ3v) is 8.30. The van der Waals surface area contributed by atoms with Gasteiger partial charge in [0.2, 0.25) is 14.2 Å². The standard InChI is InChI=1S/C22H25NO4S2/c1-2-3-4-8-15-21(19(24)16-27-17-11-6-5-7-12-17)29(25,26)22-23-18-13-9-10-14-20(18)28-22/h5-7,9-14,21H,2-4,8,15-16H2,1H3. The number of sulfone groups is 1. The quantitative estimate of drug-likeness (QED) is 0.397. The van der Waals surface area contributed by atoms with Crippen LogP contribution in [0.3, 0.4) is 0 Å². The van der Waals surface area contributed by atoms with Gasteiger partial charge in [0.05, 0.1) is 10.2 Å². The molecular weight excluding hydrogens is 406 g/mol. The van der Waals surface area contributed by atoms with Crippen LogP contribution in [0, 0.1) is 0 Å². The summed E-state index contributed by atoms with van der Waals surface area (Å²) >= 11 is 1.12. The van der Waals surface area contributed by atoms with E-state index in [2.05, 4.69) is 11.9 Å². The lowest BCUT2D eigenvalue weighted by molar-refractivity contribution is -0.120. The highest BCUT2D eigenvalue weighted by molar-refractivity contribution is 7.94. The van der Waals surface area contributed by atoms with Gasteiger partial charge in [0, 0.05) is 0 Å². The minimum Gasteiger partial charge on any atom is -0.486 e. The summed E-state index contributed by atoms with van der Waals surface area (Å²) in [4.78, 5) is 17.2. The fraction of sp³-hybridized carbons (Fsp3) is 0.364. The van der Waals surface area contributed by atoms with Crippen LogP contribution in [0.25, 0.3) is 10.2 Å². The van der Waals surface area contributed by atoms with E-state index in [1.54, 1.807) is 30.3 Å². The number of Topliss-reactive ketones (excluding diaryl/α,β-unsaturated/α-hetero) is 1. The molecule has 7 heteroatoms. The predicted molar refractivity (Wildman–Crippen MR) is 116 cm³/mol. The first-order valence-corrected chi connectivity index (χ1v) is 12.2. The van der Waals surface area contributed by atoms with Crippen LogP contribution in [-0.4, -0.2) is 31.0 Å². The van der Waals surface area contributed by atoms with Crippen LogP contribution in [0.2, 0.25) is 0 Å². The van der Waals surface area contributed by atoms with Crippen LogP contribution < -0.4 is 4.74 Å². The minimum absolute atomic E-state index is 0.00672. The number of benzene rings is 2. The van der Waals surface area contributed by atoms with Crippen molar-refractivity contribution in [2.45, 2.75) is 48.6 Å². The SMILES string of the molecule is CCCCCCC(C(=O)COc1ccccc1)S(=O)(=O)c1nc2ccccc2s1. The van der Waals surface area contributed by atoms with Crippen molar-refractivity contribution < 1.29 is 17.9 Å². The van der Waals surface area contributed by atoms with E-state index in [1.165, 1.54) is 0 Å². The van der Waals surface area contributed by atoms with Gasteiger partial charge in [-0.25, -0.2) is 13.4 Å². The number of carbonyl (C=O) groups excluding carboxylic acids is 1. The van der Waals surface area contributed by atoms with Crippen molar-refractivity contribution in [3.8, 4) is 5.75 Å². The number of thiazole rings is 1. The molecule has 0 aliphatic carbocycles. The molecule has 0 saturated heterocycles. The van der Waals surface area contributed by atoms with Gasteiger partial charge in [0.15, 0.2) is 5.78 Å². The summed E-state index contributed by atoms with van der Waals surface area (Å²) in [6.45, 7) is 1.82. The molecule has 0 fully saturated rings. The summed E-state index contributed by atoms with van der Waals surface area (Å²) in [7, 11) is -3.88. The van der Waals surface area contributed by atoms with E-state index < -0.39 is 20.9 Å². The average molecular weight is 432 g/mol. The van der Waals surface area contributed by atoms with Gasteiger partial charge < -0.3 is 4.74 Å². The Bertz CT molecular complexity index is 1010. The molecule has 0 aliphatic heterocycles. The molecule has 0 amide bonds. The number of hydrogen-bond donors (Lipinski definition) is 0. The number of aromatic nitrogens is 1. The molecule has 0 aliphatic rings. The Labute approximate surface area is 175 Å². The fourth-order valence-corrected chi connectivity index (χ4v) is 6.24. The predicted octanol–water partition coefficient (Wildman–Crippen LogP) is 5.06. The van der Waals surface area contributed by atoms with Crippen LogP contribution in [0.4, 0.5) is 0 Å². The molecule has 1 unspecified atom stereocenters. The molecule has 3 rings (SSSR count). The van der Waals surface area contributed by atoms with Gasteiger partial charge in [-0.1, -0.05) is 62.9 Å². The summed E-state index contributed by atoms with van der Waals surface area (Å²) in [6, 6.07) is 16.2. The highest BCUT2D eigenvalue weighted by atomic mass is 32.2. The molecule has 0 N–H and O–H groups in total. The van der Waals surface area contributed by atoms with Crippen molar-refractivity contribution in [3.05, 3.63) is 54.6 Å². The fourth-order valence-electron chi connectivity index (χ4n) is 3.10. The zero-order valence-corrected chi connectivity index (χ0v) is 18.0. The van der Waals surface area contributed by atoms with Gasteiger partial charge in [-0.3, -0.25) is 4.79 Å². The maximum atomic E-state index is 13.3. The summed E-state index contributed by atoms with van der Waals surface area (Å²) in [5, 5.41) is -1.14. The second-order valence-corrected chi connectivity index (χ2v) is 10.2. The maximum absolute atomic E-state index is 13.3. The Morgan fingerprint density at radius 1 is 1.03 bits per heavy atom. The number of unbranched alkanes of at least 4 members (excludes halogenated alkanes) is 3. The van der Waals surface area contributed by atoms with E-state index >= 15 is 0 Å². The molecule has 1 atom stereocenters. The van der Waals surface area contributed by atoms with Gasteiger partial charge in [-0.05, 0) is 30.7 Å². The molecular formula is C22H25NO4S2. The summed E-state index contributed by atoms with van der Waals surface area (Å²) in [6.07, 6.45) is 3.92. The molecule has 1 aromatic heterocycles. The third kappa shape index (κ3) is 5.42. The second-order valence-electron chi connectivity index (χ2n) is 6.90. The number of rotatable bonds is 11. The average Bonchev–Trinajstić information content (AvgIpc) is 3.18. The van der Waals surface area contributed by atoms with Crippen molar-refractivity contribution >= 4 is 37.2 Å². The van der Waals surface area contributed by atoms with Crippen molar-refractivity contribution in [2.24, 2.45) is 0 Å². The number of fused-ring (bicyclic) bond motifs is 1. The van der Waals surface area contributed by atoms with Gasteiger partial charge in [-0.15, -0.1) is 11.3 Å². The highest BCUT2D eigenvalue weighted by Gasteiger charge is 2.36. The van der Waals surface area contributed by atoms with E-state index in [4.69, 9.17) is 4.74 Å². The van der Waals surface area contributed by atoms with Crippen LogP contribution >= 0.6 is 11.3 Å². The number of nitrogens with zero attached hydrogens (tertiary/aromatic N) is 1. The Hall–Kier alpha value is -2.25. The van der Waals surface area contributed by atoms with Crippen molar-refractivity contribution in [3.63, 3.8) is 0 Å². The van der Waals surface area contributed by atoms with Crippen molar-refractivity contribution in [2.75, 3.05) is 6.61 Å². The summed E-state index contributed by atoms with van der Waals surface area (Å²) in [5.41, 5.74) is 0.633. The van der Waals surface area contributed by atoms with Gasteiger partial charge in [0.25, 0.3) is 0 Å². The minimum atomic E-state index is -3.88. The number of hydrogen-bond acceptors (Lipinski definition) is 6. The number of carbonyl (C=O) groups is 1. The number of para-hydroxylation sites is 2.